The first kappa shape index (κ1) is 66.6. The van der Waals surface area contributed by atoms with Gasteiger partial charge in [0.05, 0.1) is 0 Å². The summed E-state index contributed by atoms with van der Waals surface area (Å²) in [5.74, 6) is -0.893. The van der Waals surface area contributed by atoms with E-state index in [-0.39, 0.29) is 31.1 Å². The lowest BCUT2D eigenvalue weighted by Gasteiger charge is -2.18. The van der Waals surface area contributed by atoms with Crippen LogP contribution < -0.4 is 0 Å². The molecule has 0 spiro atoms. The van der Waals surface area contributed by atoms with Crippen molar-refractivity contribution in [3.8, 4) is 0 Å². The van der Waals surface area contributed by atoms with Crippen LogP contribution in [-0.2, 0) is 28.6 Å². The molecule has 402 valence electrons. The predicted octanol–water partition coefficient (Wildman–Crippen LogP) is 19.9. The lowest BCUT2D eigenvalue weighted by molar-refractivity contribution is -0.167. The molecule has 0 radical (unpaired) electrons. The summed E-state index contributed by atoms with van der Waals surface area (Å²) in [5.41, 5.74) is 0. The molecule has 0 aromatic carbocycles. The van der Waals surface area contributed by atoms with Crippen LogP contribution in [0.2, 0.25) is 0 Å². The highest BCUT2D eigenvalue weighted by Crippen LogP contribution is 2.16. The van der Waals surface area contributed by atoms with Crippen molar-refractivity contribution in [2.45, 2.75) is 290 Å². The molecule has 70 heavy (non-hydrogen) atoms. The average Bonchev–Trinajstić information content (AvgIpc) is 3.36. The molecule has 0 fully saturated rings. The zero-order valence-corrected chi connectivity index (χ0v) is 46.0. The minimum atomic E-state index is -0.783. The fourth-order valence-corrected chi connectivity index (χ4v) is 8.21. The highest BCUT2D eigenvalue weighted by Gasteiger charge is 2.19. The summed E-state index contributed by atoms with van der Waals surface area (Å²) in [4.78, 5) is 38.2. The summed E-state index contributed by atoms with van der Waals surface area (Å²) in [6.45, 7) is 6.46. The minimum absolute atomic E-state index is 0.0822. The number of allylic oxidation sites excluding steroid dienone is 14. The predicted molar refractivity (Wildman–Crippen MR) is 302 cm³/mol. The van der Waals surface area contributed by atoms with Gasteiger partial charge in [0.2, 0.25) is 0 Å². The average molecular weight is 976 g/mol. The standard InChI is InChI=1S/C64H110O6/c1-4-7-10-13-16-19-22-25-27-28-29-30-31-32-33-34-35-36-37-40-42-45-48-51-54-57-63(66)69-60-61(59-68-62(65)56-53-50-47-44-41-38-24-21-18-15-12-9-6-3)70-64(67)58-55-52-49-46-43-39-26-23-20-17-14-11-8-5-2/h7,10,12,15-16,19,21,24-25,27,29-30,32-33,61H,4-6,8-9,11,13-14,17-18,20,22-23,26,28,31,34-60H2,1-3H3/b10-7-,15-12-,19-16-,24-21-,27-25-,30-29-,33-32-. The third-order valence-electron chi connectivity index (χ3n) is 12.6. The van der Waals surface area contributed by atoms with Gasteiger partial charge in [-0.1, -0.05) is 260 Å². The lowest BCUT2D eigenvalue weighted by Crippen LogP contribution is -2.30. The first-order valence-corrected chi connectivity index (χ1v) is 29.6. The van der Waals surface area contributed by atoms with Gasteiger partial charge >= 0.3 is 17.9 Å². The Hall–Kier alpha value is -3.41. The number of ether oxygens (including phenoxy) is 3. The van der Waals surface area contributed by atoms with E-state index in [4.69, 9.17) is 14.2 Å². The van der Waals surface area contributed by atoms with Gasteiger partial charge in [0.15, 0.2) is 6.10 Å². The second-order valence-electron chi connectivity index (χ2n) is 19.5. The van der Waals surface area contributed by atoms with E-state index in [1.807, 2.05) is 0 Å². The maximum absolute atomic E-state index is 12.8. The Balaban J connectivity index is 4.31. The molecule has 1 atom stereocenters. The third kappa shape index (κ3) is 55.5. The minimum Gasteiger partial charge on any atom is -0.462 e. The Labute approximate surface area is 433 Å². The van der Waals surface area contributed by atoms with Crippen molar-refractivity contribution in [1.82, 2.24) is 0 Å². The zero-order chi connectivity index (χ0) is 50.7. The third-order valence-corrected chi connectivity index (χ3v) is 12.6. The molecule has 0 aliphatic carbocycles. The normalized spacial score (nSPS) is 12.7. The topological polar surface area (TPSA) is 78.9 Å². The smallest absolute Gasteiger partial charge is 0.306 e. The van der Waals surface area contributed by atoms with E-state index in [0.29, 0.717) is 19.3 Å². The van der Waals surface area contributed by atoms with Gasteiger partial charge in [-0.15, -0.1) is 0 Å². The van der Waals surface area contributed by atoms with Crippen LogP contribution in [0.3, 0.4) is 0 Å². The van der Waals surface area contributed by atoms with Crippen molar-refractivity contribution in [3.63, 3.8) is 0 Å². The molecule has 0 aliphatic heterocycles. The van der Waals surface area contributed by atoms with Crippen molar-refractivity contribution in [2.24, 2.45) is 0 Å². The number of carbonyl (C=O) groups is 3. The highest BCUT2D eigenvalue weighted by atomic mass is 16.6. The van der Waals surface area contributed by atoms with Gasteiger partial charge in [0.1, 0.15) is 13.2 Å². The largest absolute Gasteiger partial charge is 0.462 e. The molecule has 6 nitrogen and oxygen atoms in total. The number of carbonyl (C=O) groups excluding carboxylic acids is 3. The van der Waals surface area contributed by atoms with Gasteiger partial charge in [0.25, 0.3) is 0 Å². The van der Waals surface area contributed by atoms with E-state index in [9.17, 15) is 14.4 Å². The Morgan fingerprint density at radius 2 is 0.586 bits per heavy atom. The monoisotopic (exact) mass is 975 g/mol. The van der Waals surface area contributed by atoms with E-state index >= 15 is 0 Å². The molecule has 1 unspecified atom stereocenters. The molecule has 0 N–H and O–H groups in total. The van der Waals surface area contributed by atoms with Crippen LogP contribution in [0, 0.1) is 0 Å². The SMILES string of the molecule is CC/C=C\C/C=C\C/C=C\C/C=C\C/C=C\CCCCCCCCCCCC(=O)OCC(COC(=O)CCCCCCC/C=C\C/C=C\CCC)OC(=O)CCCCCCCCCCCCCCCC. The summed E-state index contributed by atoms with van der Waals surface area (Å²) in [6.07, 6.45) is 75.7. The summed E-state index contributed by atoms with van der Waals surface area (Å²) in [7, 11) is 0. The molecular formula is C64H110O6. The molecule has 0 aliphatic rings. The molecule has 0 bridgehead atoms. The van der Waals surface area contributed by atoms with E-state index in [1.54, 1.807) is 0 Å². The Kier molecular flexibility index (Phi) is 55.3. The van der Waals surface area contributed by atoms with Crippen LogP contribution >= 0.6 is 0 Å². The number of hydrogen-bond acceptors (Lipinski definition) is 6. The van der Waals surface area contributed by atoms with E-state index in [2.05, 4.69) is 106 Å². The van der Waals surface area contributed by atoms with Gasteiger partial charge in [-0.25, -0.2) is 0 Å². The van der Waals surface area contributed by atoms with E-state index < -0.39 is 6.10 Å². The van der Waals surface area contributed by atoms with Gasteiger partial charge in [-0.3, -0.25) is 14.4 Å². The molecule has 0 aromatic rings. The Morgan fingerprint density at radius 3 is 0.929 bits per heavy atom. The summed E-state index contributed by atoms with van der Waals surface area (Å²) < 4.78 is 16.9. The maximum Gasteiger partial charge on any atom is 0.306 e. The zero-order valence-electron chi connectivity index (χ0n) is 46.0. The first-order chi connectivity index (χ1) is 34.5. The van der Waals surface area contributed by atoms with Crippen molar-refractivity contribution in [2.75, 3.05) is 13.2 Å². The van der Waals surface area contributed by atoms with Crippen LogP contribution in [0.15, 0.2) is 85.1 Å². The molecule has 0 saturated carbocycles. The molecule has 0 saturated heterocycles. The quantitative estimate of drug-likeness (QED) is 0.0261. The molecule has 6 heteroatoms. The van der Waals surface area contributed by atoms with Crippen LogP contribution in [-0.4, -0.2) is 37.2 Å². The van der Waals surface area contributed by atoms with Crippen molar-refractivity contribution in [3.05, 3.63) is 85.1 Å². The number of hydrogen-bond donors (Lipinski definition) is 0. The van der Waals surface area contributed by atoms with Gasteiger partial charge in [0, 0.05) is 19.3 Å². The first-order valence-electron chi connectivity index (χ1n) is 29.6. The van der Waals surface area contributed by atoms with Gasteiger partial charge < -0.3 is 14.2 Å². The second-order valence-corrected chi connectivity index (χ2v) is 19.5. The number of esters is 3. The Morgan fingerprint density at radius 1 is 0.300 bits per heavy atom. The highest BCUT2D eigenvalue weighted by molar-refractivity contribution is 5.71. The van der Waals surface area contributed by atoms with Crippen LogP contribution in [0.4, 0.5) is 0 Å². The van der Waals surface area contributed by atoms with Gasteiger partial charge in [-0.2, -0.15) is 0 Å². The van der Waals surface area contributed by atoms with Crippen molar-refractivity contribution < 1.29 is 28.6 Å². The Bertz CT molecular complexity index is 1350. The second kappa shape index (κ2) is 58.2. The van der Waals surface area contributed by atoms with Crippen LogP contribution in [0.5, 0.6) is 0 Å². The summed E-state index contributed by atoms with van der Waals surface area (Å²) >= 11 is 0. The van der Waals surface area contributed by atoms with Gasteiger partial charge in [-0.05, 0) is 89.9 Å². The summed E-state index contributed by atoms with van der Waals surface area (Å²) in [5, 5.41) is 0. The van der Waals surface area contributed by atoms with Crippen molar-refractivity contribution in [1.29, 1.82) is 0 Å². The summed E-state index contributed by atoms with van der Waals surface area (Å²) in [6, 6.07) is 0. The maximum atomic E-state index is 12.8. The lowest BCUT2D eigenvalue weighted by atomic mass is 10.0. The van der Waals surface area contributed by atoms with Crippen LogP contribution in [0.25, 0.3) is 0 Å². The molecule has 0 heterocycles. The molecular weight excluding hydrogens is 865 g/mol. The van der Waals surface area contributed by atoms with Crippen LogP contribution in [0.1, 0.15) is 284 Å². The molecule has 0 aromatic heterocycles. The fourth-order valence-electron chi connectivity index (χ4n) is 8.21. The van der Waals surface area contributed by atoms with Crippen molar-refractivity contribution >= 4 is 17.9 Å². The van der Waals surface area contributed by atoms with E-state index in [0.717, 1.165) is 122 Å². The fraction of sp³-hybridized carbons (Fsp3) is 0.734. The number of rotatable bonds is 53. The number of unbranched alkanes of at least 4 members (excludes halogenated alkanes) is 28. The molecule has 0 rings (SSSR count). The van der Waals surface area contributed by atoms with E-state index in [1.165, 1.54) is 122 Å². The molecule has 0 amide bonds.